The summed E-state index contributed by atoms with van der Waals surface area (Å²) in [5.41, 5.74) is 1.26. The third kappa shape index (κ3) is 3.07. The zero-order valence-electron chi connectivity index (χ0n) is 12.7. The maximum Gasteiger partial charge on any atom is 0.161 e. The molecule has 0 aliphatic carbocycles. The monoisotopic (exact) mass is 302 g/mol. The van der Waals surface area contributed by atoms with Crippen molar-refractivity contribution in [2.45, 2.75) is 20.0 Å². The van der Waals surface area contributed by atoms with E-state index in [2.05, 4.69) is 13.8 Å². The predicted molar refractivity (Wildman–Crippen MR) is 81.7 cm³/mol. The van der Waals surface area contributed by atoms with Crippen LogP contribution in [0.25, 0.3) is 0 Å². The van der Waals surface area contributed by atoms with Gasteiger partial charge in [0, 0.05) is 5.41 Å². The Labute approximate surface area is 129 Å². The van der Waals surface area contributed by atoms with Crippen LogP contribution in [0.3, 0.4) is 0 Å². The smallest absolute Gasteiger partial charge is 0.161 e. The van der Waals surface area contributed by atoms with Crippen molar-refractivity contribution in [2.75, 3.05) is 13.2 Å². The fourth-order valence-electron chi connectivity index (χ4n) is 2.35. The number of hydrogen-bond acceptors (Lipinski definition) is 3. The summed E-state index contributed by atoms with van der Waals surface area (Å²) in [6, 6.07) is 11.2. The van der Waals surface area contributed by atoms with Gasteiger partial charge in [-0.05, 0) is 35.4 Å². The highest BCUT2D eigenvalue weighted by Gasteiger charge is 2.25. The number of hydrogen-bond donors (Lipinski definition) is 1. The number of ether oxygens (including phenoxy) is 2. The van der Waals surface area contributed by atoms with Crippen LogP contribution in [0, 0.1) is 11.2 Å². The molecule has 2 aromatic carbocycles. The van der Waals surface area contributed by atoms with Gasteiger partial charge < -0.3 is 14.6 Å². The summed E-state index contributed by atoms with van der Waals surface area (Å²) in [7, 11) is 0. The number of benzene rings is 2. The zero-order valence-corrected chi connectivity index (χ0v) is 12.7. The molecule has 0 saturated heterocycles. The van der Waals surface area contributed by atoms with Gasteiger partial charge in [-0.2, -0.15) is 0 Å². The lowest BCUT2D eigenvalue weighted by molar-refractivity contribution is 0.140. The fourth-order valence-corrected chi connectivity index (χ4v) is 2.35. The summed E-state index contributed by atoms with van der Waals surface area (Å²) in [4.78, 5) is 0. The van der Waals surface area contributed by atoms with E-state index < -0.39 is 6.10 Å². The van der Waals surface area contributed by atoms with E-state index >= 15 is 0 Å². The number of aliphatic hydroxyl groups excluding tert-OH is 1. The molecule has 3 nitrogen and oxygen atoms in total. The van der Waals surface area contributed by atoms with Crippen molar-refractivity contribution in [2.24, 2.45) is 5.41 Å². The summed E-state index contributed by atoms with van der Waals surface area (Å²) >= 11 is 0. The van der Waals surface area contributed by atoms with Gasteiger partial charge in [0.05, 0.1) is 13.2 Å². The van der Waals surface area contributed by atoms with Gasteiger partial charge in [-0.3, -0.25) is 0 Å². The van der Waals surface area contributed by atoms with Gasteiger partial charge in [-0.1, -0.05) is 32.0 Å². The van der Waals surface area contributed by atoms with E-state index in [1.807, 2.05) is 0 Å². The molecule has 0 radical (unpaired) electrons. The van der Waals surface area contributed by atoms with E-state index in [0.717, 1.165) is 0 Å². The van der Waals surface area contributed by atoms with E-state index in [1.54, 1.807) is 30.3 Å². The van der Waals surface area contributed by atoms with Gasteiger partial charge in [0.15, 0.2) is 11.5 Å². The first kappa shape index (κ1) is 14.9. The van der Waals surface area contributed by atoms with Crippen LogP contribution in [0.5, 0.6) is 11.5 Å². The molecular weight excluding hydrogens is 283 g/mol. The van der Waals surface area contributed by atoms with Crippen molar-refractivity contribution in [1.82, 2.24) is 0 Å². The van der Waals surface area contributed by atoms with Crippen LogP contribution in [-0.4, -0.2) is 18.3 Å². The van der Waals surface area contributed by atoms with Crippen molar-refractivity contribution in [3.05, 3.63) is 59.4 Å². The van der Waals surface area contributed by atoms with Crippen LogP contribution in [0.4, 0.5) is 4.39 Å². The Morgan fingerprint density at radius 3 is 2.23 bits per heavy atom. The van der Waals surface area contributed by atoms with Gasteiger partial charge in [-0.25, -0.2) is 4.39 Å². The standard InChI is InChI=1S/C18H19FO3/c1-18(2)10-21-15-8-5-13(9-16(15)22-11-18)17(20)12-3-6-14(19)7-4-12/h3-9,17,20H,10-11H2,1-2H3. The average molecular weight is 302 g/mol. The van der Waals surface area contributed by atoms with E-state index in [-0.39, 0.29) is 11.2 Å². The minimum Gasteiger partial charge on any atom is -0.489 e. The molecule has 116 valence electrons. The van der Waals surface area contributed by atoms with Crippen LogP contribution in [0.1, 0.15) is 31.1 Å². The highest BCUT2D eigenvalue weighted by atomic mass is 19.1. The van der Waals surface area contributed by atoms with Crippen LogP contribution in [0.15, 0.2) is 42.5 Å². The van der Waals surface area contributed by atoms with Gasteiger partial charge in [0.1, 0.15) is 11.9 Å². The molecule has 4 heteroatoms. The van der Waals surface area contributed by atoms with Crippen LogP contribution >= 0.6 is 0 Å². The quantitative estimate of drug-likeness (QED) is 0.919. The normalized spacial score (nSPS) is 17.6. The molecule has 22 heavy (non-hydrogen) atoms. The lowest BCUT2D eigenvalue weighted by atomic mass is 9.97. The van der Waals surface area contributed by atoms with Crippen molar-refractivity contribution in [3.63, 3.8) is 0 Å². The average Bonchev–Trinajstić information content (AvgIpc) is 2.66. The molecule has 0 fully saturated rings. The van der Waals surface area contributed by atoms with Crippen molar-refractivity contribution < 1.29 is 19.0 Å². The van der Waals surface area contributed by atoms with E-state index in [4.69, 9.17) is 9.47 Å². The summed E-state index contributed by atoms with van der Waals surface area (Å²) in [6.45, 7) is 5.29. The highest BCUT2D eigenvalue weighted by Crippen LogP contribution is 2.36. The Bertz CT molecular complexity index is 665. The van der Waals surface area contributed by atoms with Gasteiger partial charge in [0.25, 0.3) is 0 Å². The first-order chi connectivity index (χ1) is 10.4. The molecule has 1 aliphatic rings. The lowest BCUT2D eigenvalue weighted by Crippen LogP contribution is -2.26. The molecule has 3 rings (SSSR count). The second-order valence-corrected chi connectivity index (χ2v) is 6.40. The zero-order chi connectivity index (χ0) is 15.7. The second kappa shape index (κ2) is 5.61. The Hall–Kier alpha value is -2.07. The molecule has 1 unspecified atom stereocenters. The van der Waals surface area contributed by atoms with Crippen LogP contribution in [-0.2, 0) is 0 Å². The summed E-state index contributed by atoms with van der Waals surface area (Å²) in [5.74, 6) is 0.988. The van der Waals surface area contributed by atoms with Crippen molar-refractivity contribution in [1.29, 1.82) is 0 Å². The number of rotatable bonds is 2. The van der Waals surface area contributed by atoms with E-state index in [0.29, 0.717) is 35.8 Å². The molecule has 0 bridgehead atoms. The third-order valence-electron chi connectivity index (χ3n) is 3.71. The molecular formula is C18H19FO3. The van der Waals surface area contributed by atoms with Gasteiger partial charge in [0.2, 0.25) is 0 Å². The Kier molecular flexibility index (Phi) is 3.79. The summed E-state index contributed by atoms with van der Waals surface area (Å²) < 4.78 is 24.6. The van der Waals surface area contributed by atoms with Gasteiger partial charge in [-0.15, -0.1) is 0 Å². The minimum absolute atomic E-state index is 0.0608. The first-order valence-electron chi connectivity index (χ1n) is 7.28. The molecule has 0 aromatic heterocycles. The Morgan fingerprint density at radius 2 is 1.55 bits per heavy atom. The maximum absolute atomic E-state index is 13.0. The molecule has 0 amide bonds. The molecule has 2 aromatic rings. The Balaban J connectivity index is 1.87. The molecule has 0 saturated carbocycles. The predicted octanol–water partition coefficient (Wildman–Crippen LogP) is 3.70. The third-order valence-corrected chi connectivity index (χ3v) is 3.71. The molecule has 0 spiro atoms. The molecule has 1 aliphatic heterocycles. The molecule has 1 N–H and O–H groups in total. The molecule has 1 atom stereocenters. The first-order valence-corrected chi connectivity index (χ1v) is 7.28. The lowest BCUT2D eigenvalue weighted by Gasteiger charge is -2.19. The number of aliphatic hydroxyl groups is 1. The Morgan fingerprint density at radius 1 is 0.955 bits per heavy atom. The second-order valence-electron chi connectivity index (χ2n) is 6.40. The van der Waals surface area contributed by atoms with E-state index in [1.165, 1.54) is 12.1 Å². The molecule has 1 heterocycles. The fraction of sp³-hybridized carbons (Fsp3) is 0.333. The number of fused-ring (bicyclic) bond motifs is 1. The van der Waals surface area contributed by atoms with Crippen LogP contribution in [0.2, 0.25) is 0 Å². The number of halogens is 1. The highest BCUT2D eigenvalue weighted by molar-refractivity contribution is 5.45. The maximum atomic E-state index is 13.0. The van der Waals surface area contributed by atoms with Crippen molar-refractivity contribution >= 4 is 0 Å². The van der Waals surface area contributed by atoms with Crippen LogP contribution < -0.4 is 9.47 Å². The van der Waals surface area contributed by atoms with Gasteiger partial charge >= 0.3 is 0 Å². The summed E-state index contributed by atoms with van der Waals surface area (Å²) in [5, 5.41) is 10.4. The van der Waals surface area contributed by atoms with Crippen molar-refractivity contribution in [3.8, 4) is 11.5 Å². The largest absolute Gasteiger partial charge is 0.489 e. The topological polar surface area (TPSA) is 38.7 Å². The summed E-state index contributed by atoms with van der Waals surface area (Å²) in [6.07, 6.45) is -0.828. The van der Waals surface area contributed by atoms with E-state index in [9.17, 15) is 9.50 Å². The SMILES string of the molecule is CC1(C)COc2ccc(C(O)c3ccc(F)cc3)cc2OC1. The minimum atomic E-state index is -0.828.